The molecule has 0 fully saturated rings. The first-order valence-electron chi connectivity index (χ1n) is 4.45. The van der Waals surface area contributed by atoms with Crippen LogP contribution in [0.2, 0.25) is 0 Å². The molecule has 15 heavy (non-hydrogen) atoms. The Morgan fingerprint density at radius 3 is 2.40 bits per heavy atom. The molecular weight excluding hydrogens is 202 g/mol. The molecule has 0 unspecified atom stereocenters. The summed E-state index contributed by atoms with van der Waals surface area (Å²) in [5, 5.41) is 0. The van der Waals surface area contributed by atoms with Crippen LogP contribution in [0.3, 0.4) is 0 Å². The first kappa shape index (κ1) is 11.6. The lowest BCUT2D eigenvalue weighted by atomic mass is 10.0. The number of rotatable bonds is 3. The van der Waals surface area contributed by atoms with E-state index in [1.807, 2.05) is 6.92 Å². The Morgan fingerprint density at radius 2 is 1.93 bits per heavy atom. The predicted molar refractivity (Wildman–Crippen MR) is 52.8 cm³/mol. The average molecular weight is 214 g/mol. The number of benzene rings is 1. The topological polar surface area (TPSA) is 26.3 Å². The number of hydrogen-bond acceptors (Lipinski definition) is 2. The van der Waals surface area contributed by atoms with Crippen molar-refractivity contribution in [2.75, 3.05) is 7.11 Å². The number of halogens is 2. The van der Waals surface area contributed by atoms with Crippen molar-refractivity contribution in [1.29, 1.82) is 0 Å². The second kappa shape index (κ2) is 4.38. The third-order valence-electron chi connectivity index (χ3n) is 2.34. The van der Waals surface area contributed by atoms with Crippen molar-refractivity contribution >= 4 is 5.78 Å². The average Bonchev–Trinajstić information content (AvgIpc) is 2.20. The van der Waals surface area contributed by atoms with E-state index in [0.29, 0.717) is 5.56 Å². The van der Waals surface area contributed by atoms with Gasteiger partial charge in [0.2, 0.25) is 5.78 Å². The van der Waals surface area contributed by atoms with Gasteiger partial charge in [-0.05, 0) is 31.0 Å². The molecule has 4 heteroatoms. The minimum atomic E-state index is -3.00. The van der Waals surface area contributed by atoms with Gasteiger partial charge in [-0.25, -0.2) is 8.78 Å². The molecule has 2 nitrogen and oxygen atoms in total. The molecule has 0 radical (unpaired) electrons. The molecule has 1 aromatic carbocycles. The van der Waals surface area contributed by atoms with Gasteiger partial charge >= 0.3 is 6.43 Å². The number of carbonyl (C=O) groups excluding carboxylic acids is 1. The maximum atomic E-state index is 12.3. The highest BCUT2D eigenvalue weighted by Crippen LogP contribution is 2.27. The van der Waals surface area contributed by atoms with Crippen LogP contribution in [0.25, 0.3) is 0 Å². The van der Waals surface area contributed by atoms with E-state index < -0.39 is 12.2 Å². The molecule has 0 heterocycles. The molecular formula is C11H12F2O2. The Bertz CT molecular complexity index is 386. The highest BCUT2D eigenvalue weighted by Gasteiger charge is 2.22. The van der Waals surface area contributed by atoms with E-state index in [2.05, 4.69) is 0 Å². The lowest BCUT2D eigenvalue weighted by Gasteiger charge is -2.12. The Morgan fingerprint density at radius 1 is 1.33 bits per heavy atom. The fraction of sp³-hybridized carbons (Fsp3) is 0.364. The highest BCUT2D eigenvalue weighted by atomic mass is 19.3. The van der Waals surface area contributed by atoms with Gasteiger partial charge in [-0.1, -0.05) is 6.07 Å². The molecule has 0 aliphatic carbocycles. The molecule has 0 amide bonds. The summed E-state index contributed by atoms with van der Waals surface area (Å²) >= 11 is 0. The van der Waals surface area contributed by atoms with E-state index in [-0.39, 0.29) is 11.3 Å². The van der Waals surface area contributed by atoms with E-state index in [1.54, 1.807) is 13.0 Å². The quantitative estimate of drug-likeness (QED) is 0.723. The normalized spacial score (nSPS) is 10.5. The minimum Gasteiger partial charge on any atom is -0.496 e. The van der Waals surface area contributed by atoms with Crippen molar-refractivity contribution in [1.82, 2.24) is 0 Å². The Balaban J connectivity index is 3.31. The van der Waals surface area contributed by atoms with Gasteiger partial charge in [0.25, 0.3) is 0 Å². The molecule has 0 bridgehead atoms. The molecule has 0 spiro atoms. The van der Waals surface area contributed by atoms with Crippen molar-refractivity contribution in [2.24, 2.45) is 0 Å². The second-order valence-corrected chi connectivity index (χ2v) is 3.25. The third kappa shape index (κ3) is 2.14. The number of hydrogen-bond donors (Lipinski definition) is 0. The zero-order valence-corrected chi connectivity index (χ0v) is 8.80. The van der Waals surface area contributed by atoms with Gasteiger partial charge in [-0.15, -0.1) is 0 Å². The molecule has 0 aliphatic heterocycles. The van der Waals surface area contributed by atoms with Crippen LogP contribution in [0.15, 0.2) is 12.1 Å². The van der Waals surface area contributed by atoms with Gasteiger partial charge in [0.1, 0.15) is 5.75 Å². The summed E-state index contributed by atoms with van der Waals surface area (Å²) in [5.74, 6) is -0.963. The SMILES string of the molecule is COc1c(C(=O)C(F)F)ccc(C)c1C. The van der Waals surface area contributed by atoms with Crippen molar-refractivity contribution < 1.29 is 18.3 Å². The van der Waals surface area contributed by atoms with Crippen LogP contribution in [-0.4, -0.2) is 19.3 Å². The number of ether oxygens (including phenoxy) is 1. The standard InChI is InChI=1S/C11H12F2O2/c1-6-4-5-8(9(14)11(12)13)10(15-3)7(6)2/h4-5,11H,1-3H3. The predicted octanol–water partition coefficient (Wildman–Crippen LogP) is 2.76. The minimum absolute atomic E-state index is 0.0596. The van der Waals surface area contributed by atoms with E-state index in [1.165, 1.54) is 13.2 Å². The van der Waals surface area contributed by atoms with Gasteiger partial charge < -0.3 is 4.74 Å². The van der Waals surface area contributed by atoms with Crippen molar-refractivity contribution in [3.8, 4) is 5.75 Å². The van der Waals surface area contributed by atoms with Gasteiger partial charge in [0.15, 0.2) is 0 Å². The summed E-state index contributed by atoms with van der Waals surface area (Å²) in [7, 11) is 1.37. The van der Waals surface area contributed by atoms with Crippen LogP contribution in [0, 0.1) is 13.8 Å². The molecule has 0 N–H and O–H groups in total. The Hall–Kier alpha value is -1.45. The number of methoxy groups -OCH3 is 1. The van der Waals surface area contributed by atoms with Crippen LogP contribution < -0.4 is 4.74 Å². The highest BCUT2D eigenvalue weighted by molar-refractivity contribution is 6.01. The molecule has 0 aromatic heterocycles. The summed E-state index contributed by atoms with van der Waals surface area (Å²) in [6.45, 7) is 3.56. The number of aryl methyl sites for hydroxylation is 1. The van der Waals surface area contributed by atoms with Crippen LogP contribution in [-0.2, 0) is 0 Å². The van der Waals surface area contributed by atoms with Crippen molar-refractivity contribution in [2.45, 2.75) is 20.3 Å². The van der Waals surface area contributed by atoms with Gasteiger partial charge in [-0.3, -0.25) is 4.79 Å². The largest absolute Gasteiger partial charge is 0.496 e. The third-order valence-corrected chi connectivity index (χ3v) is 2.34. The molecule has 0 saturated carbocycles. The summed E-state index contributed by atoms with van der Waals surface area (Å²) < 4.78 is 29.5. The maximum Gasteiger partial charge on any atom is 0.300 e. The molecule has 1 aromatic rings. The lowest BCUT2D eigenvalue weighted by Crippen LogP contribution is -2.12. The fourth-order valence-electron chi connectivity index (χ4n) is 1.36. The maximum absolute atomic E-state index is 12.3. The molecule has 1 rings (SSSR count). The van der Waals surface area contributed by atoms with E-state index in [9.17, 15) is 13.6 Å². The van der Waals surface area contributed by atoms with Gasteiger partial charge in [-0.2, -0.15) is 0 Å². The smallest absolute Gasteiger partial charge is 0.300 e. The van der Waals surface area contributed by atoms with Gasteiger partial charge in [0.05, 0.1) is 12.7 Å². The van der Waals surface area contributed by atoms with E-state index in [4.69, 9.17) is 4.74 Å². The first-order chi connectivity index (χ1) is 6.99. The Labute approximate surface area is 86.9 Å². The van der Waals surface area contributed by atoms with Crippen LogP contribution in [0.5, 0.6) is 5.75 Å². The summed E-state index contributed by atoms with van der Waals surface area (Å²) in [4.78, 5) is 11.2. The number of ketones is 1. The lowest BCUT2D eigenvalue weighted by molar-refractivity contribution is 0.0675. The second-order valence-electron chi connectivity index (χ2n) is 3.25. The first-order valence-corrected chi connectivity index (χ1v) is 4.45. The number of carbonyl (C=O) groups is 1. The molecule has 0 atom stereocenters. The Kier molecular flexibility index (Phi) is 3.39. The van der Waals surface area contributed by atoms with E-state index >= 15 is 0 Å². The van der Waals surface area contributed by atoms with Crippen molar-refractivity contribution in [3.63, 3.8) is 0 Å². The molecule has 0 saturated heterocycles. The fourth-order valence-corrected chi connectivity index (χ4v) is 1.36. The zero-order valence-electron chi connectivity index (χ0n) is 8.80. The zero-order chi connectivity index (χ0) is 11.6. The van der Waals surface area contributed by atoms with Crippen LogP contribution in [0.1, 0.15) is 21.5 Å². The number of Topliss-reactive ketones (excluding diaryl/α,β-unsaturated/α-hetero) is 1. The van der Waals surface area contributed by atoms with Crippen LogP contribution in [0.4, 0.5) is 8.78 Å². The van der Waals surface area contributed by atoms with E-state index in [0.717, 1.165) is 5.56 Å². The summed E-state index contributed by atoms with van der Waals surface area (Å²) in [5.41, 5.74) is 1.55. The van der Waals surface area contributed by atoms with Crippen LogP contribution >= 0.6 is 0 Å². The monoisotopic (exact) mass is 214 g/mol. The van der Waals surface area contributed by atoms with Crippen molar-refractivity contribution in [3.05, 3.63) is 28.8 Å². The molecule has 82 valence electrons. The summed E-state index contributed by atoms with van der Waals surface area (Å²) in [6, 6.07) is 3.00. The number of alkyl halides is 2. The summed E-state index contributed by atoms with van der Waals surface area (Å²) in [6.07, 6.45) is -3.00. The molecule has 0 aliphatic rings. The van der Waals surface area contributed by atoms with Gasteiger partial charge in [0, 0.05) is 0 Å².